The van der Waals surface area contributed by atoms with Gasteiger partial charge in [0.05, 0.1) is 19.6 Å². The Labute approximate surface area is 117 Å². The van der Waals surface area contributed by atoms with Gasteiger partial charge in [0.1, 0.15) is 0 Å². The first-order valence-electron chi connectivity index (χ1n) is 6.27. The third-order valence-corrected chi connectivity index (χ3v) is 2.93. The van der Waals surface area contributed by atoms with E-state index in [0.717, 1.165) is 0 Å². The molecule has 1 N–H and O–H groups in total. The van der Waals surface area contributed by atoms with Crippen LogP contribution in [-0.2, 0) is 9.53 Å². The topological polar surface area (TPSA) is 41.6 Å². The monoisotopic (exact) mass is 322 g/mol. The molecule has 10 heteroatoms. The number of halogens is 6. The summed E-state index contributed by atoms with van der Waals surface area (Å²) >= 11 is 0. The van der Waals surface area contributed by atoms with Gasteiger partial charge in [0.2, 0.25) is 0 Å². The molecule has 1 heterocycles. The number of rotatable bonds is 7. The van der Waals surface area contributed by atoms with Crippen molar-refractivity contribution in [3.63, 3.8) is 0 Å². The average Bonchev–Trinajstić information content (AvgIpc) is 2.38. The maximum Gasteiger partial charge on any atom is 0.330 e. The number of alkyl halides is 6. The van der Waals surface area contributed by atoms with E-state index in [9.17, 15) is 31.1 Å². The lowest BCUT2D eigenvalue weighted by molar-refractivity contribution is -0.186. The van der Waals surface area contributed by atoms with E-state index in [1.165, 1.54) is 0 Å². The number of hydrogen-bond donors (Lipinski definition) is 1. The Hall–Kier alpha value is -1.03. The summed E-state index contributed by atoms with van der Waals surface area (Å²) in [6, 6.07) is 0. The normalized spacial score (nSPS) is 18.0. The van der Waals surface area contributed by atoms with Crippen LogP contribution in [0.3, 0.4) is 0 Å². The van der Waals surface area contributed by atoms with Gasteiger partial charge in [0, 0.05) is 26.2 Å². The van der Waals surface area contributed by atoms with E-state index in [4.69, 9.17) is 4.74 Å². The van der Waals surface area contributed by atoms with Gasteiger partial charge in [-0.15, -0.1) is 0 Å². The molecule has 4 nitrogen and oxygen atoms in total. The Morgan fingerprint density at radius 1 is 1.19 bits per heavy atom. The predicted molar refractivity (Wildman–Crippen MR) is 60.8 cm³/mol. The van der Waals surface area contributed by atoms with Crippen molar-refractivity contribution in [2.45, 2.75) is 24.7 Å². The molecule has 0 saturated carbocycles. The molecule has 0 radical (unpaired) electrons. The minimum Gasteiger partial charge on any atom is -0.379 e. The molecule has 0 aliphatic carbocycles. The number of ether oxygens (including phenoxy) is 1. The number of carbonyl (C=O) groups is 1. The summed E-state index contributed by atoms with van der Waals surface area (Å²) in [5.41, 5.74) is 0. The fraction of sp³-hybridized carbons (Fsp3) is 0.909. The molecule has 0 aromatic carbocycles. The van der Waals surface area contributed by atoms with Crippen LogP contribution in [0.1, 0.15) is 6.42 Å². The van der Waals surface area contributed by atoms with E-state index in [1.54, 1.807) is 5.32 Å². The molecule has 1 fully saturated rings. The van der Waals surface area contributed by atoms with Crippen molar-refractivity contribution in [3.05, 3.63) is 0 Å². The second-order valence-electron chi connectivity index (χ2n) is 4.65. The van der Waals surface area contributed by atoms with Crippen LogP contribution in [-0.4, -0.2) is 68.5 Å². The van der Waals surface area contributed by atoms with Crippen molar-refractivity contribution in [2.24, 2.45) is 0 Å². The molecule has 0 aromatic heterocycles. The Kier molecular flexibility index (Phi) is 6.26. The second-order valence-corrected chi connectivity index (χ2v) is 4.65. The highest BCUT2D eigenvalue weighted by Crippen LogP contribution is 2.35. The molecule has 1 amide bonds. The van der Waals surface area contributed by atoms with Crippen LogP contribution >= 0.6 is 0 Å². The number of nitrogens with zero attached hydrogens (tertiary/aromatic N) is 1. The minimum atomic E-state index is -4.91. The number of hydrogen-bond acceptors (Lipinski definition) is 3. The smallest absolute Gasteiger partial charge is 0.330 e. The van der Waals surface area contributed by atoms with Gasteiger partial charge in [-0.05, 0) is 0 Å². The fourth-order valence-electron chi connectivity index (χ4n) is 1.74. The number of amides is 1. The minimum absolute atomic E-state index is 0.186. The summed E-state index contributed by atoms with van der Waals surface area (Å²) in [6.45, 7) is 2.14. The van der Waals surface area contributed by atoms with E-state index in [0.29, 0.717) is 26.3 Å². The Balaban J connectivity index is 2.38. The van der Waals surface area contributed by atoms with Gasteiger partial charge in [0.15, 0.2) is 0 Å². The first kappa shape index (κ1) is 18.0. The Morgan fingerprint density at radius 2 is 1.76 bits per heavy atom. The zero-order chi connectivity index (χ0) is 16.1. The highest BCUT2D eigenvalue weighted by molar-refractivity contribution is 5.83. The summed E-state index contributed by atoms with van der Waals surface area (Å²) in [5.74, 6) is -11.4. The molecule has 0 atom stereocenters. The quantitative estimate of drug-likeness (QED) is 0.720. The van der Waals surface area contributed by atoms with Crippen LogP contribution in [0, 0.1) is 0 Å². The summed E-state index contributed by atoms with van der Waals surface area (Å²) in [4.78, 5) is 13.0. The van der Waals surface area contributed by atoms with E-state index >= 15 is 0 Å². The molecule has 1 saturated heterocycles. The molecule has 0 bridgehead atoms. The molecular weight excluding hydrogens is 306 g/mol. The summed E-state index contributed by atoms with van der Waals surface area (Å²) < 4.78 is 80.3. The van der Waals surface area contributed by atoms with Crippen LogP contribution in [0.25, 0.3) is 0 Å². The van der Waals surface area contributed by atoms with Gasteiger partial charge in [-0.3, -0.25) is 9.69 Å². The second kappa shape index (κ2) is 7.30. The van der Waals surface area contributed by atoms with Crippen molar-refractivity contribution >= 4 is 5.91 Å². The van der Waals surface area contributed by atoms with Gasteiger partial charge in [0.25, 0.3) is 5.91 Å². The van der Waals surface area contributed by atoms with Crippen molar-refractivity contribution in [3.8, 4) is 0 Å². The van der Waals surface area contributed by atoms with Crippen molar-refractivity contribution < 1.29 is 35.9 Å². The standard InChI is InChI=1S/C11H16F6N2O2/c12-8(13)10(14,15)7-11(16,17)9(20)18-1-2-19-3-5-21-6-4-19/h8H,1-7H2,(H,18,20). The predicted octanol–water partition coefficient (Wildman–Crippen LogP) is 1.36. The lowest BCUT2D eigenvalue weighted by Gasteiger charge is -2.27. The summed E-state index contributed by atoms with van der Waals surface area (Å²) in [7, 11) is 0. The Bertz CT molecular complexity index is 348. The first-order valence-corrected chi connectivity index (χ1v) is 6.27. The lowest BCUT2D eigenvalue weighted by atomic mass is 10.1. The van der Waals surface area contributed by atoms with Crippen molar-refractivity contribution in [2.75, 3.05) is 39.4 Å². The van der Waals surface area contributed by atoms with Gasteiger partial charge in [-0.1, -0.05) is 0 Å². The molecular formula is C11H16F6N2O2. The highest BCUT2D eigenvalue weighted by Gasteiger charge is 2.53. The molecule has 21 heavy (non-hydrogen) atoms. The van der Waals surface area contributed by atoms with E-state index in [-0.39, 0.29) is 13.1 Å². The van der Waals surface area contributed by atoms with Crippen LogP contribution in [0.2, 0.25) is 0 Å². The maximum atomic E-state index is 13.2. The molecule has 1 rings (SSSR count). The van der Waals surface area contributed by atoms with Crippen molar-refractivity contribution in [1.29, 1.82) is 0 Å². The zero-order valence-corrected chi connectivity index (χ0v) is 11.1. The van der Waals surface area contributed by atoms with Crippen LogP contribution < -0.4 is 5.32 Å². The highest BCUT2D eigenvalue weighted by atomic mass is 19.3. The molecule has 1 aliphatic rings. The lowest BCUT2D eigenvalue weighted by Crippen LogP contribution is -2.48. The van der Waals surface area contributed by atoms with Gasteiger partial charge in [-0.2, -0.15) is 8.78 Å². The number of morpholine rings is 1. The summed E-state index contributed by atoms with van der Waals surface area (Å²) in [6.07, 6.45) is -6.76. The van der Waals surface area contributed by atoms with Crippen molar-refractivity contribution in [1.82, 2.24) is 10.2 Å². The largest absolute Gasteiger partial charge is 0.379 e. The van der Waals surface area contributed by atoms with E-state index < -0.39 is 30.6 Å². The average molecular weight is 322 g/mol. The molecule has 1 aliphatic heterocycles. The maximum absolute atomic E-state index is 13.2. The van der Waals surface area contributed by atoms with Crippen LogP contribution in [0.4, 0.5) is 26.3 Å². The third-order valence-electron chi connectivity index (χ3n) is 2.93. The van der Waals surface area contributed by atoms with E-state index in [2.05, 4.69) is 0 Å². The molecule has 124 valence electrons. The first-order chi connectivity index (χ1) is 9.65. The van der Waals surface area contributed by atoms with Crippen LogP contribution in [0.15, 0.2) is 0 Å². The van der Waals surface area contributed by atoms with Gasteiger partial charge >= 0.3 is 18.3 Å². The Morgan fingerprint density at radius 3 is 2.29 bits per heavy atom. The molecule has 0 spiro atoms. The van der Waals surface area contributed by atoms with Gasteiger partial charge < -0.3 is 10.1 Å². The summed E-state index contributed by atoms with van der Waals surface area (Å²) in [5, 5.41) is 1.78. The SMILES string of the molecule is O=C(NCCN1CCOCC1)C(F)(F)CC(F)(F)C(F)F. The van der Waals surface area contributed by atoms with E-state index in [1.807, 2.05) is 4.90 Å². The van der Waals surface area contributed by atoms with Gasteiger partial charge in [-0.25, -0.2) is 17.6 Å². The molecule has 0 aromatic rings. The zero-order valence-electron chi connectivity index (χ0n) is 11.1. The fourth-order valence-corrected chi connectivity index (χ4v) is 1.74. The third kappa shape index (κ3) is 5.70. The number of nitrogens with one attached hydrogen (secondary N) is 1. The number of carbonyl (C=O) groups excluding carboxylic acids is 1. The van der Waals surface area contributed by atoms with Crippen LogP contribution in [0.5, 0.6) is 0 Å². The molecule has 0 unspecified atom stereocenters.